The van der Waals surface area contributed by atoms with Gasteiger partial charge in [0.1, 0.15) is 6.61 Å². The van der Waals surface area contributed by atoms with E-state index in [9.17, 15) is 4.79 Å². The fourth-order valence-electron chi connectivity index (χ4n) is 0.891. The molecule has 0 aliphatic heterocycles. The zero-order valence-electron chi connectivity index (χ0n) is 7.21. The van der Waals surface area contributed by atoms with Crippen LogP contribution in [0.25, 0.3) is 0 Å². The van der Waals surface area contributed by atoms with Crippen molar-refractivity contribution in [1.29, 1.82) is 0 Å². The first kappa shape index (κ1) is 10.3. The second-order valence-corrected chi connectivity index (χ2v) is 3.68. The molecule has 0 amide bonds. The topological polar surface area (TPSA) is 52.3 Å². The minimum atomic E-state index is -0.279. The first-order chi connectivity index (χ1) is 6.11. The van der Waals surface area contributed by atoms with Crippen molar-refractivity contribution >= 4 is 34.2 Å². The van der Waals surface area contributed by atoms with Gasteiger partial charge in [0, 0.05) is 21.7 Å². The molecule has 0 aliphatic rings. The van der Waals surface area contributed by atoms with E-state index in [0.717, 1.165) is 9.13 Å². The molecule has 0 saturated heterocycles. The van der Waals surface area contributed by atoms with Crippen LogP contribution in [0.1, 0.15) is 12.5 Å². The predicted octanol–water partition coefficient (Wildman–Crippen LogP) is 1.94. The van der Waals surface area contributed by atoms with Gasteiger partial charge in [-0.25, -0.2) is 0 Å². The van der Waals surface area contributed by atoms with Crippen LogP contribution in [-0.2, 0) is 16.1 Å². The summed E-state index contributed by atoms with van der Waals surface area (Å²) >= 11 is 2.14. The Morgan fingerprint density at radius 3 is 2.92 bits per heavy atom. The molecule has 0 fully saturated rings. The molecule has 1 rings (SSSR count). The van der Waals surface area contributed by atoms with Gasteiger partial charge >= 0.3 is 5.97 Å². The van der Waals surface area contributed by atoms with Crippen LogP contribution in [0, 0.1) is 3.57 Å². The Kier molecular flexibility index (Phi) is 3.53. The van der Waals surface area contributed by atoms with Gasteiger partial charge in [-0.15, -0.1) is 0 Å². The summed E-state index contributed by atoms with van der Waals surface area (Å²) in [5.74, 6) is -0.279. The van der Waals surface area contributed by atoms with Gasteiger partial charge in [-0.3, -0.25) is 4.79 Å². The lowest BCUT2D eigenvalue weighted by Crippen LogP contribution is -2.02. The number of benzene rings is 1. The number of nitrogens with two attached hydrogens (primary N) is 1. The highest BCUT2D eigenvalue weighted by atomic mass is 127. The van der Waals surface area contributed by atoms with Gasteiger partial charge in [-0.2, -0.15) is 0 Å². The van der Waals surface area contributed by atoms with E-state index in [1.165, 1.54) is 6.92 Å². The van der Waals surface area contributed by atoms with Crippen molar-refractivity contribution in [2.24, 2.45) is 0 Å². The minimum Gasteiger partial charge on any atom is -0.461 e. The third kappa shape index (κ3) is 2.87. The van der Waals surface area contributed by atoms with Crippen molar-refractivity contribution < 1.29 is 9.53 Å². The van der Waals surface area contributed by atoms with Crippen molar-refractivity contribution in [3.8, 4) is 0 Å². The zero-order chi connectivity index (χ0) is 9.84. The second kappa shape index (κ2) is 4.45. The largest absolute Gasteiger partial charge is 0.461 e. The summed E-state index contributed by atoms with van der Waals surface area (Å²) in [6.45, 7) is 1.68. The van der Waals surface area contributed by atoms with Crippen molar-refractivity contribution in [2.45, 2.75) is 13.5 Å². The quantitative estimate of drug-likeness (QED) is 0.514. The maximum absolute atomic E-state index is 10.6. The standard InChI is InChI=1S/C9H10INO2/c1-6(12)13-5-7-3-2-4-8(11)9(7)10/h2-4H,5,11H2,1H3. The predicted molar refractivity (Wildman–Crippen MR) is 59.0 cm³/mol. The number of hydrogen-bond acceptors (Lipinski definition) is 3. The molecule has 70 valence electrons. The van der Waals surface area contributed by atoms with Gasteiger partial charge in [-0.1, -0.05) is 12.1 Å². The molecular formula is C9H10INO2. The molecule has 0 heterocycles. The summed E-state index contributed by atoms with van der Waals surface area (Å²) in [7, 11) is 0. The number of carbonyl (C=O) groups is 1. The van der Waals surface area contributed by atoms with Crippen molar-refractivity contribution in [1.82, 2.24) is 0 Å². The molecule has 0 atom stereocenters. The van der Waals surface area contributed by atoms with Crippen LogP contribution in [0.3, 0.4) is 0 Å². The summed E-state index contributed by atoms with van der Waals surface area (Å²) in [6.07, 6.45) is 0. The molecular weight excluding hydrogens is 281 g/mol. The average Bonchev–Trinajstić information content (AvgIpc) is 2.07. The summed E-state index contributed by atoms with van der Waals surface area (Å²) in [5.41, 5.74) is 7.33. The summed E-state index contributed by atoms with van der Waals surface area (Å²) in [5, 5.41) is 0. The Balaban J connectivity index is 2.77. The molecule has 0 radical (unpaired) electrons. The number of rotatable bonds is 2. The summed E-state index contributed by atoms with van der Waals surface area (Å²) < 4.78 is 5.81. The molecule has 13 heavy (non-hydrogen) atoms. The molecule has 0 saturated carbocycles. The van der Waals surface area contributed by atoms with Crippen LogP contribution in [0.2, 0.25) is 0 Å². The molecule has 0 unspecified atom stereocenters. The number of halogens is 1. The van der Waals surface area contributed by atoms with E-state index in [1.54, 1.807) is 0 Å². The van der Waals surface area contributed by atoms with E-state index in [4.69, 9.17) is 10.5 Å². The van der Waals surface area contributed by atoms with Crippen molar-refractivity contribution in [2.75, 3.05) is 5.73 Å². The van der Waals surface area contributed by atoms with Crippen LogP contribution < -0.4 is 5.73 Å². The molecule has 0 aliphatic carbocycles. The highest BCUT2D eigenvalue weighted by Gasteiger charge is 2.03. The van der Waals surface area contributed by atoms with E-state index in [-0.39, 0.29) is 5.97 Å². The Morgan fingerprint density at radius 2 is 2.31 bits per heavy atom. The molecule has 1 aromatic rings. The van der Waals surface area contributed by atoms with Crippen LogP contribution in [0.4, 0.5) is 5.69 Å². The average molecular weight is 291 g/mol. The fraction of sp³-hybridized carbons (Fsp3) is 0.222. The van der Waals surface area contributed by atoms with E-state index < -0.39 is 0 Å². The number of nitrogen functional groups attached to an aromatic ring is 1. The highest BCUT2D eigenvalue weighted by Crippen LogP contribution is 2.19. The van der Waals surface area contributed by atoms with Crippen LogP contribution in [0.15, 0.2) is 18.2 Å². The maximum atomic E-state index is 10.6. The lowest BCUT2D eigenvalue weighted by Gasteiger charge is -2.06. The third-order valence-electron chi connectivity index (χ3n) is 1.54. The molecule has 0 bridgehead atoms. The Bertz CT molecular complexity index is 325. The zero-order valence-corrected chi connectivity index (χ0v) is 9.37. The van der Waals surface area contributed by atoms with E-state index in [1.807, 2.05) is 18.2 Å². The number of hydrogen-bond donors (Lipinski definition) is 1. The Hall–Kier alpha value is -0.780. The van der Waals surface area contributed by atoms with Gasteiger partial charge in [-0.05, 0) is 28.7 Å². The summed E-state index contributed by atoms with van der Waals surface area (Å²) in [4.78, 5) is 10.6. The number of ether oxygens (including phenoxy) is 1. The van der Waals surface area contributed by atoms with Gasteiger partial charge in [0.05, 0.1) is 0 Å². The normalized spacial score (nSPS) is 9.69. The van der Waals surface area contributed by atoms with Gasteiger partial charge in [0.15, 0.2) is 0 Å². The first-order valence-corrected chi connectivity index (χ1v) is 4.85. The number of anilines is 1. The second-order valence-electron chi connectivity index (χ2n) is 2.60. The molecule has 3 nitrogen and oxygen atoms in total. The smallest absolute Gasteiger partial charge is 0.302 e. The van der Waals surface area contributed by atoms with Crippen molar-refractivity contribution in [3.63, 3.8) is 0 Å². The first-order valence-electron chi connectivity index (χ1n) is 3.77. The molecule has 0 spiro atoms. The lowest BCUT2D eigenvalue weighted by atomic mass is 10.2. The number of esters is 1. The van der Waals surface area contributed by atoms with Crippen LogP contribution in [0.5, 0.6) is 0 Å². The SMILES string of the molecule is CC(=O)OCc1cccc(N)c1I. The Labute approximate surface area is 90.4 Å². The molecule has 2 N–H and O–H groups in total. The number of carbonyl (C=O) groups excluding carboxylic acids is 1. The minimum absolute atomic E-state index is 0.279. The van der Waals surface area contributed by atoms with Gasteiger partial charge in [0.25, 0.3) is 0 Å². The third-order valence-corrected chi connectivity index (χ3v) is 2.86. The van der Waals surface area contributed by atoms with Crippen LogP contribution in [-0.4, -0.2) is 5.97 Å². The van der Waals surface area contributed by atoms with Crippen LogP contribution >= 0.6 is 22.6 Å². The van der Waals surface area contributed by atoms with Gasteiger partial charge in [0.2, 0.25) is 0 Å². The highest BCUT2D eigenvalue weighted by molar-refractivity contribution is 14.1. The van der Waals surface area contributed by atoms with Gasteiger partial charge < -0.3 is 10.5 Å². The molecule has 1 aromatic carbocycles. The van der Waals surface area contributed by atoms with E-state index in [2.05, 4.69) is 22.6 Å². The summed E-state index contributed by atoms with van der Waals surface area (Å²) in [6, 6.07) is 5.55. The van der Waals surface area contributed by atoms with E-state index >= 15 is 0 Å². The maximum Gasteiger partial charge on any atom is 0.302 e. The monoisotopic (exact) mass is 291 g/mol. The fourth-order valence-corrected chi connectivity index (χ4v) is 1.41. The van der Waals surface area contributed by atoms with Crippen molar-refractivity contribution in [3.05, 3.63) is 27.3 Å². The van der Waals surface area contributed by atoms with E-state index in [0.29, 0.717) is 12.3 Å². The Morgan fingerprint density at radius 1 is 1.62 bits per heavy atom. The molecule has 4 heteroatoms. The lowest BCUT2D eigenvalue weighted by molar-refractivity contribution is -0.142. The molecule has 0 aromatic heterocycles.